The van der Waals surface area contributed by atoms with E-state index in [0.717, 1.165) is 19.3 Å². The Morgan fingerprint density at radius 3 is 2.73 bits per heavy atom. The number of carbonyl (C=O) groups is 2. The lowest BCUT2D eigenvalue weighted by molar-refractivity contribution is -0.148. The minimum atomic E-state index is -0.774. The molecule has 1 aromatic carbocycles. The maximum absolute atomic E-state index is 12.8. The number of hydrogen-bond donors (Lipinski definition) is 2. The number of halogens is 1. The molecule has 0 spiro atoms. The minimum absolute atomic E-state index is 0.115. The lowest BCUT2D eigenvalue weighted by Crippen LogP contribution is -2.54. The van der Waals surface area contributed by atoms with Crippen LogP contribution in [0.1, 0.15) is 51.1 Å². The van der Waals surface area contributed by atoms with Crippen LogP contribution in [0, 0.1) is 11.3 Å². The SMILES string of the molecule is CC(C)CC1(CNC(=O)[C@H]2OCC(=O)N[C@@H]2c2ccccc2Cl)CCC1. The van der Waals surface area contributed by atoms with Gasteiger partial charge in [-0.1, -0.05) is 50.1 Å². The second kappa shape index (κ2) is 7.97. The highest BCUT2D eigenvalue weighted by atomic mass is 35.5. The summed E-state index contributed by atoms with van der Waals surface area (Å²) in [5, 5.41) is 6.44. The molecule has 1 heterocycles. The van der Waals surface area contributed by atoms with E-state index in [1.54, 1.807) is 6.07 Å². The molecule has 142 valence electrons. The number of nitrogens with one attached hydrogen (secondary N) is 2. The number of morpholine rings is 1. The predicted octanol–water partition coefficient (Wildman–Crippen LogP) is 3.23. The molecule has 1 saturated heterocycles. The van der Waals surface area contributed by atoms with Crippen LogP contribution in [0.2, 0.25) is 5.02 Å². The van der Waals surface area contributed by atoms with Crippen molar-refractivity contribution in [3.05, 3.63) is 34.9 Å². The Kier molecular flexibility index (Phi) is 5.88. The molecule has 2 atom stereocenters. The van der Waals surface area contributed by atoms with Crippen molar-refractivity contribution in [2.24, 2.45) is 11.3 Å². The first-order valence-corrected chi connectivity index (χ1v) is 9.71. The normalized spacial score (nSPS) is 24.7. The average molecular weight is 379 g/mol. The van der Waals surface area contributed by atoms with Crippen molar-refractivity contribution in [2.45, 2.75) is 51.7 Å². The highest BCUT2D eigenvalue weighted by molar-refractivity contribution is 6.31. The van der Waals surface area contributed by atoms with Crippen molar-refractivity contribution in [3.8, 4) is 0 Å². The van der Waals surface area contributed by atoms with Crippen LogP contribution < -0.4 is 10.6 Å². The number of ether oxygens (including phenoxy) is 1. The van der Waals surface area contributed by atoms with Crippen molar-refractivity contribution in [1.29, 1.82) is 0 Å². The average Bonchev–Trinajstić information content (AvgIpc) is 2.57. The van der Waals surface area contributed by atoms with Crippen molar-refractivity contribution >= 4 is 23.4 Å². The van der Waals surface area contributed by atoms with E-state index in [4.69, 9.17) is 16.3 Å². The van der Waals surface area contributed by atoms with Gasteiger partial charge in [0.1, 0.15) is 6.61 Å². The van der Waals surface area contributed by atoms with Crippen LogP contribution in [0.15, 0.2) is 24.3 Å². The molecule has 0 bridgehead atoms. The second-order valence-electron chi connectivity index (χ2n) is 7.97. The molecule has 2 N–H and O–H groups in total. The van der Waals surface area contributed by atoms with E-state index >= 15 is 0 Å². The summed E-state index contributed by atoms with van der Waals surface area (Å²) in [6.07, 6.45) is 3.87. The third-order valence-corrected chi connectivity index (χ3v) is 5.75. The Labute approximate surface area is 159 Å². The maximum Gasteiger partial charge on any atom is 0.251 e. The van der Waals surface area contributed by atoms with Crippen molar-refractivity contribution < 1.29 is 14.3 Å². The molecule has 0 unspecified atom stereocenters. The van der Waals surface area contributed by atoms with Crippen LogP contribution in [0.5, 0.6) is 0 Å². The van der Waals surface area contributed by atoms with Gasteiger partial charge in [0, 0.05) is 11.6 Å². The van der Waals surface area contributed by atoms with Crippen LogP contribution >= 0.6 is 11.6 Å². The zero-order valence-corrected chi connectivity index (χ0v) is 16.1. The first kappa shape index (κ1) is 19.2. The number of benzene rings is 1. The van der Waals surface area contributed by atoms with Gasteiger partial charge in [0.25, 0.3) is 5.91 Å². The molecule has 1 aromatic rings. The summed E-state index contributed by atoms with van der Waals surface area (Å²) in [5.74, 6) is 0.174. The van der Waals surface area contributed by atoms with Gasteiger partial charge in [-0.3, -0.25) is 9.59 Å². The van der Waals surface area contributed by atoms with Gasteiger partial charge < -0.3 is 15.4 Å². The van der Waals surface area contributed by atoms with Gasteiger partial charge in [-0.2, -0.15) is 0 Å². The van der Waals surface area contributed by atoms with Gasteiger partial charge in [-0.15, -0.1) is 0 Å². The van der Waals surface area contributed by atoms with Gasteiger partial charge in [-0.05, 0) is 42.2 Å². The summed E-state index contributed by atoms with van der Waals surface area (Å²) >= 11 is 6.28. The lowest BCUT2D eigenvalue weighted by atomic mass is 9.64. The molecule has 0 aromatic heterocycles. The van der Waals surface area contributed by atoms with Gasteiger partial charge >= 0.3 is 0 Å². The molecule has 2 aliphatic rings. The fourth-order valence-corrected chi connectivity index (χ4v) is 4.37. The zero-order valence-electron chi connectivity index (χ0n) is 15.4. The quantitative estimate of drug-likeness (QED) is 0.798. The standard InChI is InChI=1S/C20H27ClN2O3/c1-13(2)10-20(8-5-9-20)12-22-19(25)18-17(23-16(24)11-26-18)14-6-3-4-7-15(14)21/h3-4,6-7,13,17-18H,5,8-12H2,1-2H3,(H,22,25)(H,23,24)/t17-,18+/m1/s1. The van der Waals surface area contributed by atoms with Crippen LogP contribution in [0.4, 0.5) is 0 Å². The summed E-state index contributed by atoms with van der Waals surface area (Å²) < 4.78 is 5.59. The van der Waals surface area contributed by atoms with Crippen molar-refractivity contribution in [1.82, 2.24) is 10.6 Å². The van der Waals surface area contributed by atoms with Crippen LogP contribution in [-0.2, 0) is 14.3 Å². The molecule has 26 heavy (non-hydrogen) atoms. The minimum Gasteiger partial charge on any atom is -0.356 e. The molecule has 3 rings (SSSR count). The molecule has 1 aliphatic heterocycles. The number of rotatable bonds is 6. The van der Waals surface area contributed by atoms with E-state index in [0.29, 0.717) is 23.0 Å². The fraction of sp³-hybridized carbons (Fsp3) is 0.600. The molecule has 2 fully saturated rings. The second-order valence-corrected chi connectivity index (χ2v) is 8.37. The summed E-state index contributed by atoms with van der Waals surface area (Å²) in [6.45, 7) is 4.98. The molecule has 1 aliphatic carbocycles. The largest absolute Gasteiger partial charge is 0.356 e. The van der Waals surface area contributed by atoms with Gasteiger partial charge in [-0.25, -0.2) is 0 Å². The highest BCUT2D eigenvalue weighted by Crippen LogP contribution is 2.45. The third-order valence-electron chi connectivity index (χ3n) is 5.41. The van der Waals surface area contributed by atoms with E-state index in [2.05, 4.69) is 24.5 Å². The lowest BCUT2D eigenvalue weighted by Gasteiger charge is -2.44. The molecule has 1 saturated carbocycles. The Balaban J connectivity index is 1.70. The molecule has 2 amide bonds. The number of hydrogen-bond acceptors (Lipinski definition) is 3. The number of carbonyl (C=O) groups excluding carboxylic acids is 2. The van der Waals surface area contributed by atoms with Crippen LogP contribution in [0.3, 0.4) is 0 Å². The van der Waals surface area contributed by atoms with E-state index in [-0.39, 0.29) is 23.8 Å². The van der Waals surface area contributed by atoms with Gasteiger partial charge in [0.05, 0.1) is 6.04 Å². The molecular formula is C20H27ClN2O3. The zero-order chi connectivity index (χ0) is 18.7. The van der Waals surface area contributed by atoms with E-state index in [1.165, 1.54) is 6.42 Å². The Bertz CT molecular complexity index is 673. The summed E-state index contributed by atoms with van der Waals surface area (Å²) in [6, 6.07) is 6.64. The Hall–Kier alpha value is -1.59. The Morgan fingerprint density at radius 2 is 2.12 bits per heavy atom. The highest BCUT2D eigenvalue weighted by Gasteiger charge is 2.40. The molecular weight excluding hydrogens is 352 g/mol. The third kappa shape index (κ3) is 4.21. The molecule has 5 nitrogen and oxygen atoms in total. The molecule has 0 radical (unpaired) electrons. The maximum atomic E-state index is 12.8. The van der Waals surface area contributed by atoms with Gasteiger partial charge in [0.2, 0.25) is 5.91 Å². The summed E-state index contributed by atoms with van der Waals surface area (Å²) in [7, 11) is 0. The molecule has 6 heteroatoms. The summed E-state index contributed by atoms with van der Waals surface area (Å²) in [4.78, 5) is 24.7. The van der Waals surface area contributed by atoms with Crippen molar-refractivity contribution in [3.63, 3.8) is 0 Å². The monoisotopic (exact) mass is 378 g/mol. The van der Waals surface area contributed by atoms with E-state index in [1.807, 2.05) is 18.2 Å². The number of amides is 2. The Morgan fingerprint density at radius 1 is 1.38 bits per heavy atom. The van der Waals surface area contributed by atoms with Crippen LogP contribution in [-0.4, -0.2) is 31.1 Å². The summed E-state index contributed by atoms with van der Waals surface area (Å²) in [5.41, 5.74) is 0.907. The van der Waals surface area contributed by atoms with E-state index in [9.17, 15) is 9.59 Å². The fourth-order valence-electron chi connectivity index (χ4n) is 4.12. The van der Waals surface area contributed by atoms with E-state index < -0.39 is 12.1 Å². The predicted molar refractivity (Wildman–Crippen MR) is 101 cm³/mol. The first-order valence-electron chi connectivity index (χ1n) is 9.33. The van der Waals surface area contributed by atoms with Crippen LogP contribution in [0.25, 0.3) is 0 Å². The van der Waals surface area contributed by atoms with Crippen molar-refractivity contribution in [2.75, 3.05) is 13.2 Å². The first-order chi connectivity index (χ1) is 12.4. The smallest absolute Gasteiger partial charge is 0.251 e. The van der Waals surface area contributed by atoms with Gasteiger partial charge in [0.15, 0.2) is 6.10 Å². The topological polar surface area (TPSA) is 67.4 Å².